The zero-order valence-electron chi connectivity index (χ0n) is 20.9. The van der Waals surface area contributed by atoms with Crippen molar-refractivity contribution in [2.24, 2.45) is 11.3 Å². The van der Waals surface area contributed by atoms with Gasteiger partial charge >= 0.3 is 0 Å². The number of carbonyl (C=O) groups is 1. The number of ketones is 1. The summed E-state index contributed by atoms with van der Waals surface area (Å²) in [6.45, 7) is 3.70. The van der Waals surface area contributed by atoms with E-state index in [0.717, 1.165) is 0 Å². The van der Waals surface area contributed by atoms with E-state index in [1.807, 2.05) is 13.8 Å². The maximum Gasteiger partial charge on any atom is 0.187 e. The lowest BCUT2D eigenvalue weighted by molar-refractivity contribution is -0.342. The number of rotatable bonds is 10. The number of aliphatic hydroxyl groups is 7. The molecule has 2 aliphatic heterocycles. The van der Waals surface area contributed by atoms with Crippen LogP contribution >= 0.6 is 0 Å². The molecule has 2 heterocycles. The molecule has 10 unspecified atom stereocenters. The van der Waals surface area contributed by atoms with Crippen LogP contribution < -0.4 is 0 Å². The highest BCUT2D eigenvalue weighted by Crippen LogP contribution is 2.42. The van der Waals surface area contributed by atoms with Crippen molar-refractivity contribution in [3.05, 3.63) is 11.6 Å². The molecule has 0 aromatic heterocycles. The highest BCUT2D eigenvalue weighted by molar-refractivity contribution is 5.92. The Kier molecular flexibility index (Phi) is 9.67. The van der Waals surface area contributed by atoms with Crippen LogP contribution in [0.2, 0.25) is 0 Å². The second-order valence-electron chi connectivity index (χ2n) is 10.8. The predicted molar refractivity (Wildman–Crippen MR) is 122 cm³/mol. The van der Waals surface area contributed by atoms with Crippen molar-refractivity contribution < 1.29 is 59.5 Å². The van der Waals surface area contributed by atoms with E-state index in [2.05, 4.69) is 0 Å². The second-order valence-corrected chi connectivity index (χ2v) is 10.8. The van der Waals surface area contributed by atoms with Gasteiger partial charge in [-0.3, -0.25) is 4.79 Å². The Labute approximate surface area is 210 Å². The molecule has 0 bridgehead atoms. The molecule has 3 rings (SSSR count). The lowest BCUT2D eigenvalue weighted by atomic mass is 9.66. The van der Waals surface area contributed by atoms with Gasteiger partial charge in [0.05, 0.1) is 32.5 Å². The molecule has 0 aromatic rings. The van der Waals surface area contributed by atoms with E-state index < -0.39 is 74.6 Å². The van der Waals surface area contributed by atoms with Crippen molar-refractivity contribution in [1.82, 2.24) is 0 Å². The van der Waals surface area contributed by atoms with Crippen LogP contribution in [0, 0.1) is 11.3 Å². The highest BCUT2D eigenvalue weighted by atomic mass is 16.8. The van der Waals surface area contributed by atoms with E-state index in [4.69, 9.17) is 18.9 Å². The highest BCUT2D eigenvalue weighted by Gasteiger charge is 2.53. The minimum Gasteiger partial charge on any atom is -0.394 e. The summed E-state index contributed by atoms with van der Waals surface area (Å²) in [5, 5.41) is 70.3. The van der Waals surface area contributed by atoms with Gasteiger partial charge in [-0.1, -0.05) is 13.8 Å². The topological polar surface area (TPSA) is 196 Å². The first-order chi connectivity index (χ1) is 16.9. The summed E-state index contributed by atoms with van der Waals surface area (Å²) < 4.78 is 22.6. The molecule has 0 spiro atoms. The zero-order chi connectivity index (χ0) is 26.8. The lowest BCUT2D eigenvalue weighted by Crippen LogP contribution is -2.62. The third-order valence-electron chi connectivity index (χ3n) is 7.47. The monoisotopic (exact) mass is 520 g/mol. The fourth-order valence-electron chi connectivity index (χ4n) is 5.24. The molecule has 10 atom stereocenters. The van der Waals surface area contributed by atoms with Gasteiger partial charge in [0.2, 0.25) is 0 Å². The minimum absolute atomic E-state index is 0.0211. The summed E-state index contributed by atoms with van der Waals surface area (Å²) >= 11 is 0. The van der Waals surface area contributed by atoms with E-state index in [1.54, 1.807) is 6.92 Å². The lowest BCUT2D eigenvalue weighted by Gasteiger charge is -2.43. The van der Waals surface area contributed by atoms with Crippen LogP contribution in [0.3, 0.4) is 0 Å². The van der Waals surface area contributed by atoms with Crippen LogP contribution in [0.1, 0.15) is 40.0 Å². The summed E-state index contributed by atoms with van der Waals surface area (Å²) in [7, 11) is 0. The first kappa shape index (κ1) is 29.5. The summed E-state index contributed by atoms with van der Waals surface area (Å²) in [5.74, 6) is -0.0754. The molecule has 36 heavy (non-hydrogen) atoms. The average Bonchev–Trinajstić information content (AvgIpc) is 3.10. The van der Waals surface area contributed by atoms with Gasteiger partial charge in [0.15, 0.2) is 18.4 Å². The predicted octanol–water partition coefficient (Wildman–Crippen LogP) is -2.03. The molecule has 0 aromatic carbocycles. The summed E-state index contributed by atoms with van der Waals surface area (Å²) in [6.07, 6.45) is -7.51. The van der Waals surface area contributed by atoms with Crippen molar-refractivity contribution in [3.8, 4) is 0 Å². The summed E-state index contributed by atoms with van der Waals surface area (Å²) in [6, 6.07) is 0. The molecule has 2 saturated heterocycles. The van der Waals surface area contributed by atoms with Crippen LogP contribution in [0.4, 0.5) is 0 Å². The van der Waals surface area contributed by atoms with Gasteiger partial charge in [0.1, 0.15) is 36.1 Å². The summed E-state index contributed by atoms with van der Waals surface area (Å²) in [5.41, 5.74) is -1.63. The smallest absolute Gasteiger partial charge is 0.187 e. The van der Waals surface area contributed by atoms with Gasteiger partial charge in [-0.05, 0) is 42.7 Å². The van der Waals surface area contributed by atoms with E-state index >= 15 is 0 Å². The maximum absolute atomic E-state index is 12.0. The standard InChI is InChI=1S/C24H40O12/c1-12(4-5-15-13(8-25)6-14(28)7-23(15,2)3)34-21-19(18(30)17(29)16(9-26)35-21)36-22-20(31)24(32,10-27)11-33-22/h6,12,15-22,25-27,29-32H,4-5,7-11H2,1-3H3. The molecule has 7 N–H and O–H groups in total. The molecule has 3 aliphatic rings. The molecule has 2 fully saturated rings. The van der Waals surface area contributed by atoms with Gasteiger partial charge in [-0.15, -0.1) is 0 Å². The number of ether oxygens (including phenoxy) is 4. The number of hydrogen-bond donors (Lipinski definition) is 7. The SMILES string of the molecule is CC(CCC1C(CO)=CC(=O)CC1(C)C)OC1OC(CO)C(O)C(O)C1OC1OCC(O)(CO)C1O. The third-order valence-corrected chi connectivity index (χ3v) is 7.47. The van der Waals surface area contributed by atoms with Crippen LogP contribution in [0.15, 0.2) is 11.6 Å². The third kappa shape index (κ3) is 6.16. The first-order valence-corrected chi connectivity index (χ1v) is 12.3. The van der Waals surface area contributed by atoms with Gasteiger partial charge in [0.25, 0.3) is 0 Å². The van der Waals surface area contributed by atoms with Crippen molar-refractivity contribution in [3.63, 3.8) is 0 Å². The van der Waals surface area contributed by atoms with E-state index in [9.17, 15) is 40.5 Å². The fraction of sp³-hybridized carbons (Fsp3) is 0.875. The molecular formula is C24H40O12. The Morgan fingerprint density at radius 3 is 2.42 bits per heavy atom. The van der Waals surface area contributed by atoms with Crippen molar-refractivity contribution in [2.45, 2.75) is 94.8 Å². The van der Waals surface area contributed by atoms with Crippen molar-refractivity contribution in [1.29, 1.82) is 0 Å². The quantitative estimate of drug-likeness (QED) is 0.167. The molecule has 12 nitrogen and oxygen atoms in total. The molecule has 1 aliphatic carbocycles. The zero-order valence-corrected chi connectivity index (χ0v) is 20.9. The number of carbonyl (C=O) groups excluding carboxylic acids is 1. The largest absolute Gasteiger partial charge is 0.394 e. The van der Waals surface area contributed by atoms with Crippen LogP contribution in [0.25, 0.3) is 0 Å². The van der Waals surface area contributed by atoms with Gasteiger partial charge in [-0.25, -0.2) is 0 Å². The number of aliphatic hydroxyl groups excluding tert-OH is 6. The summed E-state index contributed by atoms with van der Waals surface area (Å²) in [4.78, 5) is 12.0. The second kappa shape index (κ2) is 11.8. The minimum atomic E-state index is -1.95. The fourth-order valence-corrected chi connectivity index (χ4v) is 5.24. The van der Waals surface area contributed by atoms with Gasteiger partial charge in [0, 0.05) is 6.42 Å². The van der Waals surface area contributed by atoms with E-state index in [0.29, 0.717) is 24.8 Å². The number of hydrogen-bond acceptors (Lipinski definition) is 12. The van der Waals surface area contributed by atoms with Crippen LogP contribution in [-0.4, -0.2) is 123 Å². The van der Waals surface area contributed by atoms with Crippen LogP contribution in [0.5, 0.6) is 0 Å². The Bertz CT molecular complexity index is 787. The Morgan fingerprint density at radius 2 is 1.83 bits per heavy atom. The average molecular weight is 521 g/mol. The normalized spacial score (nSPS) is 41.8. The Balaban J connectivity index is 1.69. The maximum atomic E-state index is 12.0. The van der Waals surface area contributed by atoms with Gasteiger partial charge < -0.3 is 54.7 Å². The molecule has 0 radical (unpaired) electrons. The Hall–Kier alpha value is -1.03. The first-order valence-electron chi connectivity index (χ1n) is 12.3. The number of allylic oxidation sites excluding steroid dienone is 1. The van der Waals surface area contributed by atoms with Gasteiger partial charge in [-0.2, -0.15) is 0 Å². The van der Waals surface area contributed by atoms with Crippen molar-refractivity contribution >= 4 is 5.78 Å². The Morgan fingerprint density at radius 1 is 1.14 bits per heavy atom. The molecular weight excluding hydrogens is 480 g/mol. The van der Waals surface area contributed by atoms with Crippen LogP contribution in [-0.2, 0) is 23.7 Å². The molecule has 0 saturated carbocycles. The van der Waals surface area contributed by atoms with Crippen molar-refractivity contribution in [2.75, 3.05) is 26.4 Å². The molecule has 12 heteroatoms. The molecule has 208 valence electrons. The van der Waals surface area contributed by atoms with E-state index in [1.165, 1.54) is 6.08 Å². The molecule has 0 amide bonds. The van der Waals surface area contributed by atoms with E-state index in [-0.39, 0.29) is 23.7 Å².